The third kappa shape index (κ3) is 3.54. The van der Waals surface area contributed by atoms with E-state index in [0.717, 1.165) is 18.2 Å². The Hall–Kier alpha value is -2.43. The number of carbonyl (C=O) groups is 1. The van der Waals surface area contributed by atoms with Gasteiger partial charge in [-0.05, 0) is 30.3 Å². The lowest BCUT2D eigenvalue weighted by molar-refractivity contribution is -0.135. The minimum atomic E-state index is -1.04. The largest absolute Gasteiger partial charge is 0.480 e. The molecule has 2 aromatic carbocycles. The summed E-state index contributed by atoms with van der Waals surface area (Å²) in [5, 5.41) is 8.94. The summed E-state index contributed by atoms with van der Waals surface area (Å²) < 4.78 is 26.8. The quantitative estimate of drug-likeness (QED) is 0.913. The molecule has 0 aliphatic carbocycles. The van der Waals surface area contributed by atoms with Crippen LogP contribution in [0.5, 0.6) is 0 Å². The molecule has 0 atom stereocenters. The van der Waals surface area contributed by atoms with Gasteiger partial charge in [-0.3, -0.25) is 4.79 Å². The van der Waals surface area contributed by atoms with Crippen LogP contribution in [-0.2, 0) is 11.3 Å². The number of benzene rings is 2. The van der Waals surface area contributed by atoms with Crippen LogP contribution in [0.1, 0.15) is 5.56 Å². The van der Waals surface area contributed by atoms with E-state index in [1.165, 1.54) is 4.90 Å². The van der Waals surface area contributed by atoms with Crippen LogP contribution in [0.4, 0.5) is 14.5 Å². The van der Waals surface area contributed by atoms with Crippen molar-refractivity contribution in [1.82, 2.24) is 0 Å². The van der Waals surface area contributed by atoms with Crippen molar-refractivity contribution in [3.05, 3.63) is 65.7 Å². The number of rotatable bonds is 5. The van der Waals surface area contributed by atoms with Crippen molar-refractivity contribution in [2.75, 3.05) is 11.4 Å². The zero-order valence-corrected chi connectivity index (χ0v) is 10.6. The fraction of sp³-hybridized carbons (Fsp3) is 0.133. The molecule has 0 aliphatic heterocycles. The van der Waals surface area contributed by atoms with Crippen molar-refractivity contribution in [2.45, 2.75) is 6.54 Å². The normalized spacial score (nSPS) is 10.3. The van der Waals surface area contributed by atoms with Crippen LogP contribution in [0.15, 0.2) is 48.5 Å². The minimum absolute atomic E-state index is 0.0140. The fourth-order valence-corrected chi connectivity index (χ4v) is 1.91. The summed E-state index contributed by atoms with van der Waals surface area (Å²) in [6, 6.07) is 11.9. The van der Waals surface area contributed by atoms with Gasteiger partial charge in [0.25, 0.3) is 0 Å². The van der Waals surface area contributed by atoms with Gasteiger partial charge >= 0.3 is 5.97 Å². The minimum Gasteiger partial charge on any atom is -0.480 e. The van der Waals surface area contributed by atoms with Crippen LogP contribution in [0.2, 0.25) is 0 Å². The predicted octanol–water partition coefficient (Wildman–Crippen LogP) is 3.06. The highest BCUT2D eigenvalue weighted by molar-refractivity contribution is 5.73. The molecule has 5 heteroatoms. The molecule has 0 amide bonds. The first-order chi connectivity index (χ1) is 9.56. The van der Waals surface area contributed by atoms with Crippen molar-refractivity contribution in [3.63, 3.8) is 0 Å². The van der Waals surface area contributed by atoms with E-state index in [-0.39, 0.29) is 18.7 Å². The molecule has 0 saturated heterocycles. The predicted molar refractivity (Wildman–Crippen MR) is 71.5 cm³/mol. The standard InChI is InChI=1S/C15H13F2NO2/c16-12-6-7-14(17)11(8-12)9-18(10-15(19)20)13-4-2-1-3-5-13/h1-8H,9-10H2,(H,19,20). The maximum atomic E-state index is 13.6. The second-order valence-electron chi connectivity index (χ2n) is 4.32. The summed E-state index contributed by atoms with van der Waals surface area (Å²) in [6.45, 7) is -0.306. The molecule has 0 radical (unpaired) electrons. The molecule has 0 heterocycles. The fourth-order valence-electron chi connectivity index (χ4n) is 1.91. The van der Waals surface area contributed by atoms with Crippen LogP contribution in [0, 0.1) is 11.6 Å². The smallest absolute Gasteiger partial charge is 0.323 e. The van der Waals surface area contributed by atoms with E-state index < -0.39 is 17.6 Å². The van der Waals surface area contributed by atoms with Gasteiger partial charge in [-0.25, -0.2) is 8.78 Å². The van der Waals surface area contributed by atoms with Crippen LogP contribution in [0.25, 0.3) is 0 Å². The van der Waals surface area contributed by atoms with E-state index in [4.69, 9.17) is 5.11 Å². The van der Waals surface area contributed by atoms with E-state index in [1.54, 1.807) is 30.3 Å². The third-order valence-corrected chi connectivity index (χ3v) is 2.82. The Morgan fingerprint density at radius 2 is 1.80 bits per heavy atom. The summed E-state index contributed by atoms with van der Waals surface area (Å²) in [7, 11) is 0. The van der Waals surface area contributed by atoms with Gasteiger partial charge in [-0.1, -0.05) is 18.2 Å². The molecule has 0 spiro atoms. The molecule has 0 fully saturated rings. The van der Waals surface area contributed by atoms with Gasteiger partial charge < -0.3 is 10.0 Å². The number of hydrogen-bond acceptors (Lipinski definition) is 2. The molecule has 104 valence electrons. The zero-order valence-electron chi connectivity index (χ0n) is 10.6. The molecule has 3 nitrogen and oxygen atoms in total. The third-order valence-electron chi connectivity index (χ3n) is 2.82. The Balaban J connectivity index is 2.28. The molecule has 2 rings (SSSR count). The second kappa shape index (κ2) is 6.14. The second-order valence-corrected chi connectivity index (χ2v) is 4.32. The molecule has 0 unspecified atom stereocenters. The topological polar surface area (TPSA) is 40.5 Å². The zero-order chi connectivity index (χ0) is 14.5. The van der Waals surface area contributed by atoms with Crippen molar-refractivity contribution in [2.24, 2.45) is 0 Å². The van der Waals surface area contributed by atoms with Gasteiger partial charge in [0.1, 0.15) is 18.2 Å². The number of para-hydroxylation sites is 1. The van der Waals surface area contributed by atoms with Crippen LogP contribution in [-0.4, -0.2) is 17.6 Å². The van der Waals surface area contributed by atoms with Crippen LogP contribution >= 0.6 is 0 Å². The van der Waals surface area contributed by atoms with Gasteiger partial charge in [0.15, 0.2) is 0 Å². The van der Waals surface area contributed by atoms with Gasteiger partial charge in [0.05, 0.1) is 0 Å². The van der Waals surface area contributed by atoms with Crippen molar-refractivity contribution < 1.29 is 18.7 Å². The summed E-state index contributed by atoms with van der Waals surface area (Å²) >= 11 is 0. The molecule has 0 bridgehead atoms. The lowest BCUT2D eigenvalue weighted by atomic mass is 10.1. The monoisotopic (exact) mass is 277 g/mol. The molecule has 0 aliphatic rings. The first-order valence-corrected chi connectivity index (χ1v) is 6.02. The Morgan fingerprint density at radius 1 is 1.10 bits per heavy atom. The van der Waals surface area contributed by atoms with Crippen molar-refractivity contribution >= 4 is 11.7 Å². The van der Waals surface area contributed by atoms with E-state index in [1.807, 2.05) is 0 Å². The first-order valence-electron chi connectivity index (χ1n) is 6.02. The van der Waals surface area contributed by atoms with Gasteiger partial charge in [0, 0.05) is 17.8 Å². The lowest BCUT2D eigenvalue weighted by Gasteiger charge is -2.23. The summed E-state index contributed by atoms with van der Waals surface area (Å²) in [6.07, 6.45) is 0. The van der Waals surface area contributed by atoms with Crippen molar-refractivity contribution in [3.8, 4) is 0 Å². The molecule has 20 heavy (non-hydrogen) atoms. The molecular weight excluding hydrogens is 264 g/mol. The number of anilines is 1. The maximum absolute atomic E-state index is 13.6. The number of carboxylic acids is 1. The average Bonchev–Trinajstić information content (AvgIpc) is 2.42. The van der Waals surface area contributed by atoms with Crippen molar-refractivity contribution in [1.29, 1.82) is 0 Å². The number of nitrogens with zero attached hydrogens (tertiary/aromatic N) is 1. The highest BCUT2D eigenvalue weighted by Crippen LogP contribution is 2.18. The summed E-state index contributed by atoms with van der Waals surface area (Å²) in [5.74, 6) is -2.15. The Kier molecular flexibility index (Phi) is 4.30. The number of carboxylic acid groups (broad SMARTS) is 1. The van der Waals surface area contributed by atoms with E-state index in [9.17, 15) is 13.6 Å². The lowest BCUT2D eigenvalue weighted by Crippen LogP contribution is -2.29. The molecule has 0 saturated carbocycles. The highest BCUT2D eigenvalue weighted by atomic mass is 19.1. The van der Waals surface area contributed by atoms with Gasteiger partial charge in [-0.15, -0.1) is 0 Å². The maximum Gasteiger partial charge on any atom is 0.323 e. The van der Waals surface area contributed by atoms with E-state index in [0.29, 0.717) is 5.69 Å². The average molecular weight is 277 g/mol. The SMILES string of the molecule is O=C(O)CN(Cc1cc(F)ccc1F)c1ccccc1. The Morgan fingerprint density at radius 3 is 2.45 bits per heavy atom. The van der Waals surface area contributed by atoms with Crippen LogP contribution in [0.3, 0.4) is 0 Å². The Bertz CT molecular complexity index is 602. The molecule has 1 N–H and O–H groups in total. The van der Waals surface area contributed by atoms with E-state index in [2.05, 4.69) is 0 Å². The number of halogens is 2. The first kappa shape index (κ1) is 14.0. The molecule has 2 aromatic rings. The highest BCUT2D eigenvalue weighted by Gasteiger charge is 2.14. The van der Waals surface area contributed by atoms with E-state index >= 15 is 0 Å². The van der Waals surface area contributed by atoms with Gasteiger partial charge in [-0.2, -0.15) is 0 Å². The molecular formula is C15H13F2NO2. The molecule has 0 aromatic heterocycles. The summed E-state index contributed by atoms with van der Waals surface area (Å²) in [5.41, 5.74) is 0.758. The Labute approximate surface area is 115 Å². The summed E-state index contributed by atoms with van der Waals surface area (Å²) in [4.78, 5) is 12.4. The van der Waals surface area contributed by atoms with Gasteiger partial charge in [0.2, 0.25) is 0 Å². The number of aliphatic carboxylic acids is 1. The van der Waals surface area contributed by atoms with Crippen LogP contribution < -0.4 is 4.90 Å². The number of hydrogen-bond donors (Lipinski definition) is 1.